The van der Waals surface area contributed by atoms with Gasteiger partial charge >= 0.3 is 0 Å². The number of nitrogens with one attached hydrogen (secondary N) is 1. The maximum absolute atomic E-state index is 12.5. The first-order valence-corrected chi connectivity index (χ1v) is 11.0. The summed E-state index contributed by atoms with van der Waals surface area (Å²) in [5.74, 6) is 1.65. The predicted octanol–water partition coefficient (Wildman–Crippen LogP) is 6.14. The summed E-state index contributed by atoms with van der Waals surface area (Å²) in [4.78, 5) is 17.3. The molecule has 4 rings (SSSR count). The minimum absolute atomic E-state index is 0.130. The summed E-state index contributed by atoms with van der Waals surface area (Å²) in [6.45, 7) is 4.28. The number of para-hydroxylation sites is 1. The normalized spacial score (nSPS) is 11.0. The number of aromatic nitrogens is 3. The summed E-state index contributed by atoms with van der Waals surface area (Å²) in [6.07, 6.45) is 0.824. The van der Waals surface area contributed by atoms with Gasteiger partial charge in [0.15, 0.2) is 5.82 Å². The van der Waals surface area contributed by atoms with E-state index in [1.807, 2.05) is 50.2 Å². The van der Waals surface area contributed by atoms with Crippen molar-refractivity contribution < 1.29 is 9.53 Å². The average Bonchev–Trinajstić information content (AvgIpc) is 3.12. The standard InChI is InChI=1S/C24H22Cl2N4O2/c1-15-12-22(27-20-7-4-3-6-18(15)20)30-23(13-16(2)29-30)28-24(31)8-5-11-32-21-10-9-17(25)14-19(21)26/h3-4,6-7,9-10,12-14H,5,8,11H2,1-2H3,(H,28,31). The van der Waals surface area contributed by atoms with Gasteiger partial charge in [0.25, 0.3) is 0 Å². The first-order chi connectivity index (χ1) is 15.4. The molecule has 2 aromatic carbocycles. The Morgan fingerprint density at radius 2 is 1.91 bits per heavy atom. The summed E-state index contributed by atoms with van der Waals surface area (Å²) >= 11 is 12.0. The van der Waals surface area contributed by atoms with Crippen LogP contribution in [0, 0.1) is 13.8 Å². The molecule has 0 saturated carbocycles. The van der Waals surface area contributed by atoms with Crippen molar-refractivity contribution in [3.8, 4) is 11.6 Å². The number of carbonyl (C=O) groups excluding carboxylic acids is 1. The highest BCUT2D eigenvalue weighted by molar-refractivity contribution is 6.35. The van der Waals surface area contributed by atoms with Crippen LogP contribution in [0.1, 0.15) is 24.1 Å². The molecule has 2 aromatic heterocycles. The van der Waals surface area contributed by atoms with Crippen LogP contribution in [-0.4, -0.2) is 27.3 Å². The van der Waals surface area contributed by atoms with Crippen molar-refractivity contribution in [2.24, 2.45) is 0 Å². The quantitative estimate of drug-likeness (QED) is 0.330. The third kappa shape index (κ3) is 5.03. The summed E-state index contributed by atoms with van der Waals surface area (Å²) in [6, 6.07) is 16.8. The highest BCUT2D eigenvalue weighted by Crippen LogP contribution is 2.27. The van der Waals surface area contributed by atoms with E-state index in [1.165, 1.54) is 0 Å². The fraction of sp³-hybridized carbons (Fsp3) is 0.208. The van der Waals surface area contributed by atoms with Crippen LogP contribution in [0.15, 0.2) is 54.6 Å². The molecular formula is C24H22Cl2N4O2. The number of fused-ring (bicyclic) bond motifs is 1. The second-order valence-corrected chi connectivity index (χ2v) is 8.32. The number of nitrogens with zero attached hydrogens (tertiary/aromatic N) is 3. The van der Waals surface area contributed by atoms with Gasteiger partial charge in [0.2, 0.25) is 5.91 Å². The van der Waals surface area contributed by atoms with Gasteiger partial charge < -0.3 is 10.1 Å². The number of benzene rings is 2. The van der Waals surface area contributed by atoms with Crippen molar-refractivity contribution in [1.29, 1.82) is 0 Å². The Morgan fingerprint density at radius 1 is 1.09 bits per heavy atom. The van der Waals surface area contributed by atoms with Crippen LogP contribution in [0.25, 0.3) is 16.7 Å². The Labute approximate surface area is 196 Å². The third-order valence-electron chi connectivity index (χ3n) is 4.93. The third-order valence-corrected chi connectivity index (χ3v) is 5.46. The van der Waals surface area contributed by atoms with Crippen LogP contribution >= 0.6 is 23.2 Å². The molecule has 6 nitrogen and oxygen atoms in total. The Hall–Kier alpha value is -3.09. The van der Waals surface area contributed by atoms with Crippen molar-refractivity contribution in [2.45, 2.75) is 26.7 Å². The minimum Gasteiger partial charge on any atom is -0.492 e. The van der Waals surface area contributed by atoms with Crippen molar-refractivity contribution >= 4 is 45.8 Å². The van der Waals surface area contributed by atoms with E-state index in [9.17, 15) is 4.79 Å². The van der Waals surface area contributed by atoms with Crippen LogP contribution in [-0.2, 0) is 4.79 Å². The highest BCUT2D eigenvalue weighted by Gasteiger charge is 2.13. The molecule has 164 valence electrons. The molecular weight excluding hydrogens is 447 g/mol. The number of rotatable bonds is 7. The van der Waals surface area contributed by atoms with Gasteiger partial charge in [-0.15, -0.1) is 0 Å². The molecule has 0 aliphatic carbocycles. The zero-order chi connectivity index (χ0) is 22.7. The molecule has 0 saturated heterocycles. The van der Waals surface area contributed by atoms with Crippen LogP contribution in [0.5, 0.6) is 5.75 Å². The van der Waals surface area contributed by atoms with E-state index >= 15 is 0 Å². The molecule has 0 aliphatic heterocycles. The molecule has 0 spiro atoms. The minimum atomic E-state index is -0.130. The number of hydrogen-bond donors (Lipinski definition) is 1. The summed E-state index contributed by atoms with van der Waals surface area (Å²) < 4.78 is 7.31. The zero-order valence-corrected chi connectivity index (χ0v) is 19.2. The lowest BCUT2D eigenvalue weighted by Gasteiger charge is -2.11. The lowest BCUT2D eigenvalue weighted by molar-refractivity contribution is -0.116. The number of amides is 1. The smallest absolute Gasteiger partial charge is 0.225 e. The first kappa shape index (κ1) is 22.1. The van der Waals surface area contributed by atoms with Gasteiger partial charge in [0, 0.05) is 22.9 Å². The average molecular weight is 469 g/mol. The van der Waals surface area contributed by atoms with Crippen LogP contribution in [0.4, 0.5) is 5.82 Å². The van der Waals surface area contributed by atoms with Crippen LogP contribution < -0.4 is 10.1 Å². The first-order valence-electron chi connectivity index (χ1n) is 10.2. The Kier molecular flexibility index (Phi) is 6.63. The number of halogens is 2. The number of pyridine rings is 1. The number of ether oxygens (including phenoxy) is 1. The number of carbonyl (C=O) groups is 1. The Balaban J connectivity index is 1.41. The zero-order valence-electron chi connectivity index (χ0n) is 17.7. The van der Waals surface area contributed by atoms with Gasteiger partial charge in [0.1, 0.15) is 11.6 Å². The van der Waals surface area contributed by atoms with E-state index in [-0.39, 0.29) is 5.91 Å². The van der Waals surface area contributed by atoms with Crippen LogP contribution in [0.3, 0.4) is 0 Å². The van der Waals surface area contributed by atoms with Gasteiger partial charge in [-0.2, -0.15) is 9.78 Å². The van der Waals surface area contributed by atoms with Crippen molar-refractivity contribution in [3.05, 3.63) is 75.9 Å². The maximum Gasteiger partial charge on any atom is 0.225 e. The van der Waals surface area contributed by atoms with Gasteiger partial charge in [-0.3, -0.25) is 4.79 Å². The lowest BCUT2D eigenvalue weighted by atomic mass is 10.1. The second kappa shape index (κ2) is 9.59. The van der Waals surface area contributed by atoms with E-state index in [1.54, 1.807) is 22.9 Å². The number of anilines is 1. The monoisotopic (exact) mass is 468 g/mol. The molecule has 0 bridgehead atoms. The molecule has 0 atom stereocenters. The highest BCUT2D eigenvalue weighted by atomic mass is 35.5. The second-order valence-electron chi connectivity index (χ2n) is 7.47. The number of hydrogen-bond acceptors (Lipinski definition) is 4. The Morgan fingerprint density at radius 3 is 2.72 bits per heavy atom. The van der Waals surface area contributed by atoms with E-state index in [0.29, 0.717) is 46.9 Å². The molecule has 1 amide bonds. The van der Waals surface area contributed by atoms with Gasteiger partial charge in [-0.1, -0.05) is 41.4 Å². The van der Waals surface area contributed by atoms with Gasteiger partial charge in [-0.05, 0) is 56.2 Å². The molecule has 0 aliphatic rings. The van der Waals surface area contributed by atoms with Gasteiger partial charge in [0.05, 0.1) is 22.8 Å². The van der Waals surface area contributed by atoms with E-state index in [0.717, 1.165) is 22.2 Å². The van der Waals surface area contributed by atoms with Crippen LogP contribution in [0.2, 0.25) is 10.0 Å². The number of aryl methyl sites for hydroxylation is 2. The molecule has 0 unspecified atom stereocenters. The molecule has 0 radical (unpaired) electrons. The van der Waals surface area contributed by atoms with E-state index < -0.39 is 0 Å². The summed E-state index contributed by atoms with van der Waals surface area (Å²) in [5.41, 5.74) is 2.76. The largest absolute Gasteiger partial charge is 0.492 e. The molecule has 0 fully saturated rings. The predicted molar refractivity (Wildman–Crippen MR) is 128 cm³/mol. The maximum atomic E-state index is 12.5. The van der Waals surface area contributed by atoms with Crippen molar-refractivity contribution in [1.82, 2.24) is 14.8 Å². The lowest BCUT2D eigenvalue weighted by Crippen LogP contribution is -2.16. The van der Waals surface area contributed by atoms with Crippen molar-refractivity contribution in [3.63, 3.8) is 0 Å². The topological polar surface area (TPSA) is 69.0 Å². The molecule has 2 heterocycles. The summed E-state index contributed by atoms with van der Waals surface area (Å²) in [7, 11) is 0. The van der Waals surface area contributed by atoms with Crippen molar-refractivity contribution in [2.75, 3.05) is 11.9 Å². The van der Waals surface area contributed by atoms with Gasteiger partial charge in [-0.25, -0.2) is 4.98 Å². The molecule has 8 heteroatoms. The molecule has 1 N–H and O–H groups in total. The van der Waals surface area contributed by atoms with E-state index in [4.69, 9.17) is 32.9 Å². The Bertz CT molecular complexity index is 1290. The fourth-order valence-electron chi connectivity index (χ4n) is 3.42. The summed E-state index contributed by atoms with van der Waals surface area (Å²) in [5, 5.41) is 9.54. The molecule has 32 heavy (non-hydrogen) atoms. The SMILES string of the molecule is Cc1cc(NC(=O)CCCOc2ccc(Cl)cc2Cl)n(-c2cc(C)c3ccccc3n2)n1. The van der Waals surface area contributed by atoms with E-state index in [2.05, 4.69) is 10.4 Å². The molecule has 4 aromatic rings. The fourth-order valence-corrected chi connectivity index (χ4v) is 3.88.